The van der Waals surface area contributed by atoms with Gasteiger partial charge in [0.1, 0.15) is 5.75 Å². The lowest BCUT2D eigenvalue weighted by atomic mass is 10.1. The van der Waals surface area contributed by atoms with Gasteiger partial charge in [0.25, 0.3) is 0 Å². The van der Waals surface area contributed by atoms with Gasteiger partial charge in [0.05, 0.1) is 7.11 Å². The third kappa shape index (κ3) is 3.14. The maximum Gasteiger partial charge on any atom is 0.119 e. The van der Waals surface area contributed by atoms with E-state index in [9.17, 15) is 0 Å². The molecule has 0 radical (unpaired) electrons. The lowest BCUT2D eigenvalue weighted by molar-refractivity contribution is 0.415. The van der Waals surface area contributed by atoms with Crippen LogP contribution in [-0.4, -0.2) is 7.11 Å². The van der Waals surface area contributed by atoms with Crippen molar-refractivity contribution in [2.75, 3.05) is 12.4 Å². The predicted octanol–water partition coefficient (Wildman–Crippen LogP) is 4.17. The van der Waals surface area contributed by atoms with E-state index in [1.807, 2.05) is 48.7 Å². The summed E-state index contributed by atoms with van der Waals surface area (Å²) in [7, 11) is 1.67. The summed E-state index contributed by atoms with van der Waals surface area (Å²) < 4.78 is 5.12. The van der Waals surface area contributed by atoms with Crippen molar-refractivity contribution >= 4 is 11.3 Å². The van der Waals surface area contributed by atoms with Crippen LogP contribution in [0.1, 0.15) is 12.5 Å². The van der Waals surface area contributed by atoms with E-state index in [1.165, 1.54) is 11.1 Å². The van der Waals surface area contributed by atoms with E-state index < -0.39 is 0 Å². The Hall–Kier alpha value is -2.22. The fourth-order valence-electron chi connectivity index (χ4n) is 1.66. The molecular weight excluding hydrogens is 222 g/mol. The van der Waals surface area contributed by atoms with Crippen LogP contribution in [0.3, 0.4) is 0 Å². The molecule has 0 unspecified atom stereocenters. The van der Waals surface area contributed by atoms with Crippen LogP contribution in [-0.2, 0) is 0 Å². The molecule has 0 bridgehead atoms. The van der Waals surface area contributed by atoms with E-state index in [1.54, 1.807) is 7.11 Å². The van der Waals surface area contributed by atoms with Crippen molar-refractivity contribution < 1.29 is 4.74 Å². The quantitative estimate of drug-likeness (QED) is 0.864. The Morgan fingerprint density at radius 3 is 2.28 bits per heavy atom. The second-order valence-electron chi connectivity index (χ2n) is 4.07. The summed E-state index contributed by atoms with van der Waals surface area (Å²) in [5, 5.41) is 3.28. The Balaban J connectivity index is 2.05. The number of methoxy groups -OCH3 is 1. The first-order chi connectivity index (χ1) is 8.79. The van der Waals surface area contributed by atoms with Crippen molar-refractivity contribution in [2.24, 2.45) is 0 Å². The molecule has 0 saturated heterocycles. The first-order valence-electron chi connectivity index (χ1n) is 5.92. The Morgan fingerprint density at radius 1 is 1.00 bits per heavy atom. The Bertz CT molecular complexity index is 515. The van der Waals surface area contributed by atoms with Crippen LogP contribution in [0.4, 0.5) is 5.69 Å². The summed E-state index contributed by atoms with van der Waals surface area (Å²) in [4.78, 5) is 0. The molecule has 0 saturated carbocycles. The van der Waals surface area contributed by atoms with Crippen molar-refractivity contribution in [1.29, 1.82) is 0 Å². The molecule has 0 aromatic heterocycles. The number of rotatable bonds is 4. The minimum atomic E-state index is 0.865. The molecule has 18 heavy (non-hydrogen) atoms. The normalized spacial score (nSPS) is 11.1. The SMILES string of the molecule is COc1ccc(NC=C(C)c2ccccc2)cc1. The Kier molecular flexibility index (Phi) is 4.02. The number of ether oxygens (including phenoxy) is 1. The first-order valence-corrected chi connectivity index (χ1v) is 5.92. The van der Waals surface area contributed by atoms with Gasteiger partial charge < -0.3 is 10.1 Å². The molecule has 2 aromatic rings. The lowest BCUT2D eigenvalue weighted by Crippen LogP contribution is -1.90. The number of allylic oxidation sites excluding steroid dienone is 1. The van der Waals surface area contributed by atoms with E-state index in [0.29, 0.717) is 0 Å². The Morgan fingerprint density at radius 2 is 1.67 bits per heavy atom. The summed E-state index contributed by atoms with van der Waals surface area (Å²) in [6.07, 6.45) is 2.01. The van der Waals surface area contributed by atoms with Gasteiger partial charge in [0, 0.05) is 11.9 Å². The van der Waals surface area contributed by atoms with E-state index in [0.717, 1.165) is 11.4 Å². The molecular formula is C16H17NO. The van der Waals surface area contributed by atoms with Crippen molar-refractivity contribution in [2.45, 2.75) is 6.92 Å². The highest BCUT2D eigenvalue weighted by molar-refractivity contribution is 5.66. The molecule has 0 fully saturated rings. The zero-order valence-electron chi connectivity index (χ0n) is 10.7. The molecule has 0 atom stereocenters. The van der Waals surface area contributed by atoms with Crippen molar-refractivity contribution in [3.05, 3.63) is 66.4 Å². The lowest BCUT2D eigenvalue weighted by Gasteiger charge is -2.05. The maximum absolute atomic E-state index is 5.12. The maximum atomic E-state index is 5.12. The number of hydrogen-bond acceptors (Lipinski definition) is 2. The highest BCUT2D eigenvalue weighted by Crippen LogP contribution is 2.17. The van der Waals surface area contributed by atoms with Crippen LogP contribution < -0.4 is 10.1 Å². The number of nitrogens with one attached hydrogen (secondary N) is 1. The summed E-state index contributed by atoms with van der Waals surface area (Å²) in [6, 6.07) is 18.2. The van der Waals surface area contributed by atoms with E-state index in [-0.39, 0.29) is 0 Å². The molecule has 2 aromatic carbocycles. The molecule has 0 aliphatic rings. The molecule has 1 N–H and O–H groups in total. The van der Waals surface area contributed by atoms with Gasteiger partial charge in [-0.15, -0.1) is 0 Å². The molecule has 2 heteroatoms. The Labute approximate surface area is 108 Å². The van der Waals surface area contributed by atoms with Gasteiger partial charge in [-0.2, -0.15) is 0 Å². The van der Waals surface area contributed by atoms with Crippen LogP contribution in [0.15, 0.2) is 60.8 Å². The van der Waals surface area contributed by atoms with Crippen molar-refractivity contribution in [1.82, 2.24) is 0 Å². The van der Waals surface area contributed by atoms with Gasteiger partial charge in [-0.1, -0.05) is 30.3 Å². The minimum absolute atomic E-state index is 0.865. The highest BCUT2D eigenvalue weighted by Gasteiger charge is 1.94. The largest absolute Gasteiger partial charge is 0.497 e. The molecule has 2 nitrogen and oxygen atoms in total. The molecule has 0 spiro atoms. The third-order valence-electron chi connectivity index (χ3n) is 2.77. The van der Waals surface area contributed by atoms with Crippen LogP contribution in [0.25, 0.3) is 5.57 Å². The summed E-state index contributed by atoms with van der Waals surface area (Å²) in [5.74, 6) is 0.865. The zero-order valence-corrected chi connectivity index (χ0v) is 10.7. The van der Waals surface area contributed by atoms with Gasteiger partial charge in [-0.25, -0.2) is 0 Å². The summed E-state index contributed by atoms with van der Waals surface area (Å²) in [6.45, 7) is 2.09. The van der Waals surface area contributed by atoms with Crippen molar-refractivity contribution in [3.8, 4) is 5.75 Å². The minimum Gasteiger partial charge on any atom is -0.497 e. The van der Waals surface area contributed by atoms with Crippen LogP contribution >= 0.6 is 0 Å². The van der Waals surface area contributed by atoms with Gasteiger partial charge >= 0.3 is 0 Å². The standard InChI is InChI=1S/C16H17NO/c1-13(14-6-4-3-5-7-14)12-17-15-8-10-16(18-2)11-9-15/h3-12,17H,1-2H3. The molecule has 92 valence electrons. The van der Waals surface area contributed by atoms with Gasteiger partial charge in [-0.05, 0) is 42.3 Å². The van der Waals surface area contributed by atoms with Gasteiger partial charge in [-0.3, -0.25) is 0 Å². The van der Waals surface area contributed by atoms with E-state index >= 15 is 0 Å². The zero-order chi connectivity index (χ0) is 12.8. The van der Waals surface area contributed by atoms with Gasteiger partial charge in [0.15, 0.2) is 0 Å². The average Bonchev–Trinajstić information content (AvgIpc) is 2.46. The summed E-state index contributed by atoms with van der Waals surface area (Å²) in [5.41, 5.74) is 3.47. The van der Waals surface area contributed by atoms with E-state index in [4.69, 9.17) is 4.74 Å². The molecule has 0 amide bonds. The van der Waals surface area contributed by atoms with Crippen LogP contribution in [0.2, 0.25) is 0 Å². The van der Waals surface area contributed by atoms with Crippen LogP contribution in [0, 0.1) is 0 Å². The smallest absolute Gasteiger partial charge is 0.119 e. The summed E-state index contributed by atoms with van der Waals surface area (Å²) >= 11 is 0. The second-order valence-corrected chi connectivity index (χ2v) is 4.07. The fraction of sp³-hybridized carbons (Fsp3) is 0.125. The van der Waals surface area contributed by atoms with Crippen LogP contribution in [0.5, 0.6) is 5.75 Å². The molecule has 0 heterocycles. The predicted molar refractivity (Wildman–Crippen MR) is 76.7 cm³/mol. The van der Waals surface area contributed by atoms with Crippen molar-refractivity contribution in [3.63, 3.8) is 0 Å². The second kappa shape index (κ2) is 5.92. The molecule has 2 rings (SSSR count). The molecule has 0 aliphatic heterocycles. The third-order valence-corrected chi connectivity index (χ3v) is 2.77. The van der Waals surface area contributed by atoms with E-state index in [2.05, 4.69) is 24.4 Å². The topological polar surface area (TPSA) is 21.3 Å². The number of benzene rings is 2. The first kappa shape index (κ1) is 12.2. The monoisotopic (exact) mass is 239 g/mol. The fourth-order valence-corrected chi connectivity index (χ4v) is 1.66. The highest BCUT2D eigenvalue weighted by atomic mass is 16.5. The number of hydrogen-bond donors (Lipinski definition) is 1. The average molecular weight is 239 g/mol. The van der Waals surface area contributed by atoms with Gasteiger partial charge in [0.2, 0.25) is 0 Å². The number of anilines is 1. The molecule has 0 aliphatic carbocycles.